The lowest BCUT2D eigenvalue weighted by Gasteiger charge is -2.16. The predicted octanol–water partition coefficient (Wildman–Crippen LogP) is 2.59. The molecule has 1 unspecified atom stereocenters. The molecule has 3 heteroatoms. The lowest BCUT2D eigenvalue weighted by atomic mass is 10.1. The monoisotopic (exact) mass is 196 g/mol. The van der Waals surface area contributed by atoms with Gasteiger partial charge in [-0.3, -0.25) is 0 Å². The summed E-state index contributed by atoms with van der Waals surface area (Å²) in [5.74, 6) is -0.173. The summed E-state index contributed by atoms with van der Waals surface area (Å²) in [4.78, 5) is 0. The Bertz CT molecular complexity index is 297. The van der Waals surface area contributed by atoms with Crippen LogP contribution in [-0.4, -0.2) is 16.8 Å². The summed E-state index contributed by atoms with van der Waals surface area (Å²) in [5.41, 5.74) is 0.648. The Morgan fingerprint density at radius 3 is 2.57 bits per heavy atom. The Morgan fingerprint density at radius 1 is 1.29 bits per heavy atom. The topological polar surface area (TPSA) is 49.7 Å². The number of benzene rings is 1. The van der Waals surface area contributed by atoms with Gasteiger partial charge in [0, 0.05) is 12.2 Å². The third-order valence-corrected chi connectivity index (χ3v) is 2.13. The zero-order valence-corrected chi connectivity index (χ0v) is 8.53. The summed E-state index contributed by atoms with van der Waals surface area (Å²) in [6.45, 7) is 4.47. The van der Waals surface area contributed by atoms with Crippen molar-refractivity contribution < 1.29 is 14.9 Å². The molecule has 0 saturated carbocycles. The zero-order chi connectivity index (χ0) is 10.6. The van der Waals surface area contributed by atoms with Gasteiger partial charge in [-0.25, -0.2) is 0 Å². The smallest absolute Gasteiger partial charge is 0.163 e. The normalized spacial score (nSPS) is 12.7. The van der Waals surface area contributed by atoms with E-state index in [2.05, 4.69) is 0 Å². The first-order chi connectivity index (χ1) is 6.70. The number of hydrogen-bond donors (Lipinski definition) is 2. The van der Waals surface area contributed by atoms with Crippen molar-refractivity contribution in [3.8, 4) is 11.5 Å². The van der Waals surface area contributed by atoms with Gasteiger partial charge in [0.2, 0.25) is 0 Å². The van der Waals surface area contributed by atoms with Crippen molar-refractivity contribution >= 4 is 0 Å². The SMILES string of the molecule is CCOC(CC)c1cccc(O)c1O. The van der Waals surface area contributed by atoms with Crippen LogP contribution in [0.5, 0.6) is 11.5 Å². The van der Waals surface area contributed by atoms with E-state index in [0.717, 1.165) is 6.42 Å². The van der Waals surface area contributed by atoms with Crippen molar-refractivity contribution in [1.29, 1.82) is 0 Å². The third kappa shape index (κ3) is 2.17. The van der Waals surface area contributed by atoms with Gasteiger partial charge in [0.15, 0.2) is 11.5 Å². The fourth-order valence-electron chi connectivity index (χ4n) is 1.44. The van der Waals surface area contributed by atoms with Gasteiger partial charge < -0.3 is 14.9 Å². The minimum absolute atomic E-state index is 0.0761. The number of phenols is 2. The maximum Gasteiger partial charge on any atom is 0.163 e. The summed E-state index contributed by atoms with van der Waals surface area (Å²) in [5, 5.41) is 18.9. The molecule has 1 aromatic rings. The molecule has 78 valence electrons. The molecule has 1 aromatic carbocycles. The number of rotatable bonds is 4. The Labute approximate surface area is 84.0 Å². The lowest BCUT2D eigenvalue weighted by Crippen LogP contribution is -2.03. The first-order valence-electron chi connectivity index (χ1n) is 4.83. The highest BCUT2D eigenvalue weighted by Crippen LogP contribution is 2.35. The molecule has 0 aliphatic rings. The molecule has 0 aliphatic carbocycles. The minimum atomic E-state index is -0.146. The Morgan fingerprint density at radius 2 is 2.00 bits per heavy atom. The van der Waals surface area contributed by atoms with E-state index < -0.39 is 0 Å². The molecule has 0 radical (unpaired) electrons. The third-order valence-electron chi connectivity index (χ3n) is 2.13. The largest absolute Gasteiger partial charge is 0.504 e. The average molecular weight is 196 g/mol. The summed E-state index contributed by atoms with van der Waals surface area (Å²) >= 11 is 0. The molecule has 0 bridgehead atoms. The van der Waals surface area contributed by atoms with E-state index >= 15 is 0 Å². The number of phenolic OH excluding ortho intramolecular Hbond substituents is 2. The Balaban J connectivity index is 2.97. The number of hydrogen-bond acceptors (Lipinski definition) is 3. The quantitative estimate of drug-likeness (QED) is 0.728. The van der Waals surface area contributed by atoms with Crippen LogP contribution in [0.25, 0.3) is 0 Å². The second-order valence-corrected chi connectivity index (χ2v) is 3.07. The lowest BCUT2D eigenvalue weighted by molar-refractivity contribution is 0.0578. The molecule has 0 spiro atoms. The molecule has 3 nitrogen and oxygen atoms in total. The first-order valence-corrected chi connectivity index (χ1v) is 4.83. The van der Waals surface area contributed by atoms with Crippen LogP contribution in [0.2, 0.25) is 0 Å². The highest BCUT2D eigenvalue weighted by Gasteiger charge is 2.15. The standard InChI is InChI=1S/C11H16O3/c1-3-10(14-4-2)8-6-5-7-9(12)11(8)13/h5-7,10,12-13H,3-4H2,1-2H3. The fraction of sp³-hybridized carbons (Fsp3) is 0.455. The van der Waals surface area contributed by atoms with Gasteiger partial charge >= 0.3 is 0 Å². The van der Waals surface area contributed by atoms with Gasteiger partial charge in [0.05, 0.1) is 6.10 Å². The van der Waals surface area contributed by atoms with Crippen molar-refractivity contribution in [2.45, 2.75) is 26.4 Å². The van der Waals surface area contributed by atoms with Crippen LogP contribution in [0.4, 0.5) is 0 Å². The van der Waals surface area contributed by atoms with E-state index in [0.29, 0.717) is 12.2 Å². The highest BCUT2D eigenvalue weighted by molar-refractivity contribution is 5.45. The Kier molecular flexibility index (Phi) is 3.77. The maximum absolute atomic E-state index is 9.60. The van der Waals surface area contributed by atoms with Crippen LogP contribution in [0.3, 0.4) is 0 Å². The molecule has 0 saturated heterocycles. The van der Waals surface area contributed by atoms with Gasteiger partial charge in [-0.1, -0.05) is 19.1 Å². The van der Waals surface area contributed by atoms with Crippen LogP contribution >= 0.6 is 0 Å². The van der Waals surface area contributed by atoms with Gasteiger partial charge in [-0.15, -0.1) is 0 Å². The van der Waals surface area contributed by atoms with E-state index in [4.69, 9.17) is 4.74 Å². The Hall–Kier alpha value is -1.22. The summed E-state index contributed by atoms with van der Waals surface area (Å²) in [7, 11) is 0. The molecular formula is C11H16O3. The second kappa shape index (κ2) is 4.86. The van der Waals surface area contributed by atoms with Crippen molar-refractivity contribution in [1.82, 2.24) is 0 Å². The van der Waals surface area contributed by atoms with E-state index in [-0.39, 0.29) is 17.6 Å². The number of ether oxygens (including phenoxy) is 1. The second-order valence-electron chi connectivity index (χ2n) is 3.07. The molecule has 1 atom stereocenters. The molecule has 14 heavy (non-hydrogen) atoms. The summed E-state index contributed by atoms with van der Waals surface area (Å²) in [6.07, 6.45) is 0.622. The molecule has 0 amide bonds. The van der Waals surface area contributed by atoms with Crippen LogP contribution in [0.1, 0.15) is 31.9 Å². The van der Waals surface area contributed by atoms with Gasteiger partial charge in [0.25, 0.3) is 0 Å². The van der Waals surface area contributed by atoms with Crippen molar-refractivity contribution in [3.05, 3.63) is 23.8 Å². The van der Waals surface area contributed by atoms with Gasteiger partial charge in [-0.2, -0.15) is 0 Å². The van der Waals surface area contributed by atoms with Crippen LogP contribution in [0, 0.1) is 0 Å². The van der Waals surface area contributed by atoms with Crippen molar-refractivity contribution in [2.24, 2.45) is 0 Å². The molecular weight excluding hydrogens is 180 g/mol. The van der Waals surface area contributed by atoms with Crippen LogP contribution < -0.4 is 0 Å². The summed E-state index contributed by atoms with van der Waals surface area (Å²) in [6, 6.07) is 4.92. The van der Waals surface area contributed by atoms with Gasteiger partial charge in [0.1, 0.15) is 0 Å². The first kappa shape index (κ1) is 10.9. The van der Waals surface area contributed by atoms with Crippen molar-refractivity contribution in [2.75, 3.05) is 6.61 Å². The fourth-order valence-corrected chi connectivity index (χ4v) is 1.44. The zero-order valence-electron chi connectivity index (χ0n) is 8.53. The molecule has 1 rings (SSSR count). The van der Waals surface area contributed by atoms with E-state index in [1.165, 1.54) is 6.07 Å². The van der Waals surface area contributed by atoms with Gasteiger partial charge in [-0.05, 0) is 19.4 Å². The van der Waals surface area contributed by atoms with Crippen LogP contribution in [0.15, 0.2) is 18.2 Å². The molecule has 0 aliphatic heterocycles. The minimum Gasteiger partial charge on any atom is -0.504 e. The van der Waals surface area contributed by atoms with Crippen molar-refractivity contribution in [3.63, 3.8) is 0 Å². The number of aromatic hydroxyl groups is 2. The van der Waals surface area contributed by atoms with Crippen LogP contribution in [-0.2, 0) is 4.74 Å². The molecule has 2 N–H and O–H groups in total. The summed E-state index contributed by atoms with van der Waals surface area (Å²) < 4.78 is 5.44. The van der Waals surface area contributed by atoms with E-state index in [1.807, 2.05) is 13.8 Å². The average Bonchev–Trinajstić information content (AvgIpc) is 2.19. The molecule has 0 fully saturated rings. The maximum atomic E-state index is 9.60. The number of para-hydroxylation sites is 1. The molecule has 0 aromatic heterocycles. The van der Waals surface area contributed by atoms with E-state index in [9.17, 15) is 10.2 Å². The molecule has 0 heterocycles. The highest BCUT2D eigenvalue weighted by atomic mass is 16.5. The van der Waals surface area contributed by atoms with E-state index in [1.54, 1.807) is 12.1 Å². The predicted molar refractivity (Wildman–Crippen MR) is 54.4 cm³/mol.